The smallest absolute Gasteiger partial charge is 0.867 e. The Balaban J connectivity index is 0.00000133. The number of hydrogen-bond acceptors (Lipinski definition) is 3. The van der Waals surface area contributed by atoms with Crippen LogP contribution in [0.3, 0.4) is 0 Å². The van der Waals surface area contributed by atoms with Gasteiger partial charge in [-0.05, 0) is 17.9 Å². The average Bonchev–Trinajstić information content (AvgIpc) is 2.44. The summed E-state index contributed by atoms with van der Waals surface area (Å²) in [4.78, 5) is 11.9. The maximum Gasteiger partial charge on any atom is 1.00 e. The minimum absolute atomic E-state index is 0. The molecule has 0 saturated heterocycles. The van der Waals surface area contributed by atoms with Crippen molar-refractivity contribution >= 4 is 11.0 Å². The van der Waals surface area contributed by atoms with Crippen molar-refractivity contribution in [1.82, 2.24) is 0 Å². The molecule has 3 rings (SSSR count). The molecule has 19 heavy (non-hydrogen) atoms. The summed E-state index contributed by atoms with van der Waals surface area (Å²) in [5.74, 6) is -0.501. The molecule has 0 N–H and O–H groups in total. The molecular weight excluding hydrogens is 251 g/mol. The summed E-state index contributed by atoms with van der Waals surface area (Å²) >= 11 is 0. The molecule has 0 amide bonds. The standard InChI is InChI=1S/C15H10O3.Na/c16-13-11-8-4-5-9-12(11)18-15(14(13)17)10-6-2-1-3-7-10;/h1-9,17H;/q;+1/p-1. The van der Waals surface area contributed by atoms with Gasteiger partial charge in [0.25, 0.3) is 0 Å². The van der Waals surface area contributed by atoms with Crippen molar-refractivity contribution in [2.75, 3.05) is 0 Å². The van der Waals surface area contributed by atoms with Gasteiger partial charge in [-0.3, -0.25) is 4.79 Å². The van der Waals surface area contributed by atoms with Crippen molar-refractivity contribution in [3.05, 3.63) is 64.8 Å². The Kier molecular flexibility index (Phi) is 4.10. The number of benzene rings is 2. The van der Waals surface area contributed by atoms with E-state index in [4.69, 9.17) is 4.42 Å². The predicted octanol–water partition coefficient (Wildman–Crippen LogP) is -0.462. The largest absolute Gasteiger partial charge is 1.00 e. The molecule has 1 heterocycles. The zero-order valence-corrected chi connectivity index (χ0v) is 12.4. The van der Waals surface area contributed by atoms with Crippen LogP contribution >= 0.6 is 0 Å². The Hall–Kier alpha value is -1.55. The number of hydrogen-bond donors (Lipinski definition) is 0. The molecular formula is C15H9NaO3. The van der Waals surface area contributed by atoms with Crippen LogP contribution in [-0.2, 0) is 0 Å². The van der Waals surface area contributed by atoms with Gasteiger partial charge in [0.1, 0.15) is 11.3 Å². The molecule has 0 radical (unpaired) electrons. The van der Waals surface area contributed by atoms with Crippen LogP contribution in [0.2, 0.25) is 0 Å². The SMILES string of the molecule is O=c1c([O-])c(-c2ccccc2)oc2ccccc12.[Na+]. The molecule has 88 valence electrons. The third-order valence-electron chi connectivity index (χ3n) is 2.79. The van der Waals surface area contributed by atoms with Gasteiger partial charge in [0.15, 0.2) is 5.43 Å². The molecule has 0 bridgehead atoms. The minimum Gasteiger partial charge on any atom is -0.867 e. The maximum atomic E-state index is 12.0. The molecule has 1 aromatic heterocycles. The van der Waals surface area contributed by atoms with E-state index >= 15 is 0 Å². The molecule has 0 spiro atoms. The second-order valence-electron chi connectivity index (χ2n) is 3.95. The van der Waals surface area contributed by atoms with E-state index in [9.17, 15) is 9.90 Å². The van der Waals surface area contributed by atoms with Crippen LogP contribution in [0.25, 0.3) is 22.3 Å². The Morgan fingerprint density at radius 3 is 2.26 bits per heavy atom. The third-order valence-corrected chi connectivity index (χ3v) is 2.79. The molecule has 0 aliphatic heterocycles. The van der Waals surface area contributed by atoms with Crippen molar-refractivity contribution in [2.45, 2.75) is 0 Å². The van der Waals surface area contributed by atoms with Gasteiger partial charge in [0, 0.05) is 5.56 Å². The molecule has 0 saturated carbocycles. The summed E-state index contributed by atoms with van der Waals surface area (Å²) in [6.07, 6.45) is 0. The molecule has 4 heteroatoms. The average molecular weight is 260 g/mol. The van der Waals surface area contributed by atoms with Crippen molar-refractivity contribution in [2.24, 2.45) is 0 Å². The second-order valence-corrected chi connectivity index (χ2v) is 3.95. The van der Waals surface area contributed by atoms with Crippen LogP contribution in [0.5, 0.6) is 5.75 Å². The molecule has 0 atom stereocenters. The maximum absolute atomic E-state index is 12.0. The van der Waals surface area contributed by atoms with E-state index in [1.165, 1.54) is 0 Å². The topological polar surface area (TPSA) is 53.3 Å². The fourth-order valence-corrected chi connectivity index (χ4v) is 1.90. The first-order valence-electron chi connectivity index (χ1n) is 5.55. The number of para-hydroxylation sites is 1. The first-order chi connectivity index (χ1) is 8.77. The minimum atomic E-state index is -0.597. The van der Waals surface area contributed by atoms with Crippen molar-refractivity contribution < 1.29 is 39.1 Å². The van der Waals surface area contributed by atoms with Crippen molar-refractivity contribution in [3.63, 3.8) is 0 Å². The molecule has 0 aliphatic carbocycles. The fraction of sp³-hybridized carbons (Fsp3) is 0. The normalized spacial score (nSPS) is 10.1. The van der Waals surface area contributed by atoms with Crippen LogP contribution in [0.4, 0.5) is 0 Å². The monoisotopic (exact) mass is 260 g/mol. The second kappa shape index (κ2) is 5.61. The van der Waals surface area contributed by atoms with Crippen molar-refractivity contribution in [3.8, 4) is 17.1 Å². The van der Waals surface area contributed by atoms with Crippen LogP contribution in [-0.4, -0.2) is 0 Å². The summed E-state index contributed by atoms with van der Waals surface area (Å²) in [6, 6.07) is 15.7. The van der Waals surface area contributed by atoms with Gasteiger partial charge in [-0.2, -0.15) is 0 Å². The van der Waals surface area contributed by atoms with Gasteiger partial charge in [-0.25, -0.2) is 0 Å². The Morgan fingerprint density at radius 2 is 1.53 bits per heavy atom. The molecule has 3 aromatic rings. The van der Waals surface area contributed by atoms with E-state index in [1.807, 2.05) is 6.07 Å². The number of rotatable bonds is 1. The number of fused-ring (bicyclic) bond motifs is 1. The first-order valence-corrected chi connectivity index (χ1v) is 5.55. The Morgan fingerprint density at radius 1 is 0.895 bits per heavy atom. The van der Waals surface area contributed by atoms with Crippen LogP contribution in [0.1, 0.15) is 0 Å². The van der Waals surface area contributed by atoms with E-state index in [2.05, 4.69) is 0 Å². The van der Waals surface area contributed by atoms with E-state index in [-0.39, 0.29) is 35.3 Å². The summed E-state index contributed by atoms with van der Waals surface area (Å²) in [5.41, 5.74) is 0.530. The summed E-state index contributed by atoms with van der Waals surface area (Å²) in [6.45, 7) is 0. The zero-order valence-electron chi connectivity index (χ0n) is 10.4. The van der Waals surface area contributed by atoms with Gasteiger partial charge >= 0.3 is 29.6 Å². The van der Waals surface area contributed by atoms with Crippen LogP contribution in [0, 0.1) is 0 Å². The molecule has 3 nitrogen and oxygen atoms in total. The Bertz CT molecular complexity index is 763. The fourth-order valence-electron chi connectivity index (χ4n) is 1.90. The molecule has 2 aromatic carbocycles. The Labute approximate surface area is 131 Å². The van der Waals surface area contributed by atoms with Crippen LogP contribution in [0.15, 0.2) is 63.8 Å². The van der Waals surface area contributed by atoms with Crippen LogP contribution < -0.4 is 40.1 Å². The quantitative estimate of drug-likeness (QED) is 0.556. The third kappa shape index (κ3) is 2.45. The summed E-state index contributed by atoms with van der Waals surface area (Å²) < 4.78 is 5.55. The van der Waals surface area contributed by atoms with Gasteiger partial charge in [0.2, 0.25) is 0 Å². The summed E-state index contributed by atoms with van der Waals surface area (Å²) in [7, 11) is 0. The molecule has 0 aliphatic rings. The predicted molar refractivity (Wildman–Crippen MR) is 67.4 cm³/mol. The molecule has 0 unspecified atom stereocenters. The van der Waals surface area contributed by atoms with Gasteiger partial charge < -0.3 is 9.52 Å². The van der Waals surface area contributed by atoms with Crippen molar-refractivity contribution in [1.29, 1.82) is 0 Å². The van der Waals surface area contributed by atoms with E-state index < -0.39 is 11.2 Å². The van der Waals surface area contributed by atoms with Gasteiger partial charge in [0.05, 0.1) is 5.39 Å². The van der Waals surface area contributed by atoms with E-state index in [0.717, 1.165) is 0 Å². The van der Waals surface area contributed by atoms with E-state index in [1.54, 1.807) is 48.5 Å². The first kappa shape index (κ1) is 13.9. The summed E-state index contributed by atoms with van der Waals surface area (Å²) in [5, 5.41) is 12.3. The molecule has 0 fully saturated rings. The zero-order chi connectivity index (χ0) is 12.5. The van der Waals surface area contributed by atoms with E-state index in [0.29, 0.717) is 16.5 Å². The van der Waals surface area contributed by atoms with Gasteiger partial charge in [-0.1, -0.05) is 42.5 Å². The van der Waals surface area contributed by atoms with Gasteiger partial charge in [-0.15, -0.1) is 0 Å².